The normalized spacial score (nSPS) is 12.4. The van der Waals surface area contributed by atoms with Crippen LogP contribution in [0.15, 0.2) is 53.4 Å². The summed E-state index contributed by atoms with van der Waals surface area (Å²) in [6.07, 6.45) is 0.693. The first-order chi connectivity index (χ1) is 12.4. The molecule has 1 amide bonds. The molecule has 0 spiro atoms. The van der Waals surface area contributed by atoms with Crippen molar-refractivity contribution >= 4 is 21.6 Å². The van der Waals surface area contributed by atoms with E-state index < -0.39 is 10.0 Å². The van der Waals surface area contributed by atoms with Gasteiger partial charge in [-0.15, -0.1) is 0 Å². The zero-order valence-corrected chi connectivity index (χ0v) is 16.0. The van der Waals surface area contributed by atoms with Crippen molar-refractivity contribution in [3.05, 3.63) is 54.1 Å². The minimum Gasteiger partial charge on any atom is -0.492 e. The fourth-order valence-corrected chi connectivity index (χ4v) is 3.57. The number of para-hydroxylation sites is 2. The molecule has 0 saturated carbocycles. The van der Waals surface area contributed by atoms with Gasteiger partial charge < -0.3 is 10.1 Å². The molecule has 0 radical (unpaired) electrons. The van der Waals surface area contributed by atoms with Crippen molar-refractivity contribution in [1.82, 2.24) is 4.72 Å². The Morgan fingerprint density at radius 1 is 1.08 bits per heavy atom. The number of carbonyl (C=O) groups excluding carboxylic acids is 1. The Bertz CT molecular complexity index is 848. The average molecular weight is 376 g/mol. The van der Waals surface area contributed by atoms with Crippen molar-refractivity contribution < 1.29 is 17.9 Å². The highest BCUT2D eigenvalue weighted by molar-refractivity contribution is 7.89. The molecular weight excluding hydrogens is 352 g/mol. The fraction of sp³-hybridized carbons (Fsp3) is 0.316. The van der Waals surface area contributed by atoms with Gasteiger partial charge in [-0.3, -0.25) is 4.79 Å². The summed E-state index contributed by atoms with van der Waals surface area (Å²) >= 11 is 0. The van der Waals surface area contributed by atoms with Crippen LogP contribution in [0.2, 0.25) is 0 Å². The highest BCUT2D eigenvalue weighted by Gasteiger charge is 2.17. The van der Waals surface area contributed by atoms with Crippen LogP contribution in [-0.4, -0.2) is 27.0 Å². The predicted molar refractivity (Wildman–Crippen MR) is 102 cm³/mol. The summed E-state index contributed by atoms with van der Waals surface area (Å²) in [5.74, 6) is 0.247. The number of carbonyl (C=O) groups is 1. The molecular formula is C19H24N2O4S. The maximum absolute atomic E-state index is 12.4. The van der Waals surface area contributed by atoms with E-state index in [-0.39, 0.29) is 16.8 Å². The third kappa shape index (κ3) is 5.06. The second kappa shape index (κ2) is 8.82. The Kier molecular flexibility index (Phi) is 6.76. The van der Waals surface area contributed by atoms with E-state index in [4.69, 9.17) is 4.74 Å². The quantitative estimate of drug-likeness (QED) is 0.739. The number of rotatable bonds is 8. The molecule has 0 aromatic heterocycles. The molecule has 26 heavy (non-hydrogen) atoms. The standard InChI is InChI=1S/C19H24N2O4S/c1-4-14(3)21-26(23,24)16-12-10-15(11-13-16)19(22)20-17-8-6-7-9-18(17)25-5-2/h6-14,21H,4-5H2,1-3H3,(H,20,22). The van der Waals surface area contributed by atoms with Crippen molar-refractivity contribution in [2.75, 3.05) is 11.9 Å². The van der Waals surface area contributed by atoms with Gasteiger partial charge in [-0.2, -0.15) is 0 Å². The number of hydrogen-bond donors (Lipinski definition) is 2. The van der Waals surface area contributed by atoms with Crippen LogP contribution in [0.1, 0.15) is 37.6 Å². The van der Waals surface area contributed by atoms with Crippen LogP contribution in [0.5, 0.6) is 5.75 Å². The number of ether oxygens (including phenoxy) is 1. The molecule has 1 atom stereocenters. The smallest absolute Gasteiger partial charge is 0.255 e. The third-order valence-corrected chi connectivity index (χ3v) is 5.44. The molecule has 0 saturated heterocycles. The molecule has 0 aliphatic heterocycles. The van der Waals surface area contributed by atoms with E-state index in [0.717, 1.165) is 0 Å². The van der Waals surface area contributed by atoms with Crippen molar-refractivity contribution in [2.24, 2.45) is 0 Å². The summed E-state index contributed by atoms with van der Waals surface area (Å²) in [5, 5.41) is 2.78. The first-order valence-corrected chi connectivity index (χ1v) is 10.0. The van der Waals surface area contributed by atoms with Crippen molar-refractivity contribution in [1.29, 1.82) is 0 Å². The molecule has 2 aromatic carbocycles. The molecule has 2 rings (SSSR count). The maximum Gasteiger partial charge on any atom is 0.255 e. The summed E-state index contributed by atoms with van der Waals surface area (Å²) in [6, 6.07) is 12.8. The Labute approximate surface area is 154 Å². The summed E-state index contributed by atoms with van der Waals surface area (Å²) < 4.78 is 32.6. The summed E-state index contributed by atoms with van der Waals surface area (Å²) in [6.45, 7) is 6.06. The zero-order chi connectivity index (χ0) is 19.2. The first-order valence-electron chi connectivity index (χ1n) is 8.53. The predicted octanol–water partition coefficient (Wildman–Crippen LogP) is 3.41. The first kappa shape index (κ1) is 19.9. The van der Waals surface area contributed by atoms with Crippen LogP contribution in [0.25, 0.3) is 0 Å². The van der Waals surface area contributed by atoms with Crippen LogP contribution >= 0.6 is 0 Å². The Balaban J connectivity index is 2.14. The molecule has 2 aromatic rings. The van der Waals surface area contributed by atoms with Gasteiger partial charge in [0.05, 0.1) is 17.2 Å². The van der Waals surface area contributed by atoms with Gasteiger partial charge in [-0.1, -0.05) is 19.1 Å². The van der Waals surface area contributed by atoms with Gasteiger partial charge in [0.15, 0.2) is 0 Å². The minimum absolute atomic E-state index is 0.129. The lowest BCUT2D eigenvalue weighted by Gasteiger charge is -2.13. The monoisotopic (exact) mass is 376 g/mol. The largest absolute Gasteiger partial charge is 0.492 e. The van der Waals surface area contributed by atoms with E-state index in [0.29, 0.717) is 30.0 Å². The van der Waals surface area contributed by atoms with Crippen LogP contribution < -0.4 is 14.8 Å². The van der Waals surface area contributed by atoms with E-state index in [9.17, 15) is 13.2 Å². The molecule has 0 fully saturated rings. The van der Waals surface area contributed by atoms with E-state index in [1.165, 1.54) is 24.3 Å². The summed E-state index contributed by atoms with van der Waals surface area (Å²) in [5.41, 5.74) is 0.924. The molecule has 140 valence electrons. The van der Waals surface area contributed by atoms with Gasteiger partial charge in [0.25, 0.3) is 5.91 Å². The van der Waals surface area contributed by atoms with Crippen LogP contribution in [0.4, 0.5) is 5.69 Å². The van der Waals surface area contributed by atoms with Crippen LogP contribution in [-0.2, 0) is 10.0 Å². The molecule has 7 heteroatoms. The van der Waals surface area contributed by atoms with Crippen molar-refractivity contribution in [2.45, 2.75) is 38.1 Å². The lowest BCUT2D eigenvalue weighted by molar-refractivity contribution is 0.102. The van der Waals surface area contributed by atoms with Gasteiger partial charge in [-0.25, -0.2) is 13.1 Å². The van der Waals surface area contributed by atoms with Crippen molar-refractivity contribution in [3.63, 3.8) is 0 Å². The van der Waals surface area contributed by atoms with E-state index >= 15 is 0 Å². The van der Waals surface area contributed by atoms with Gasteiger partial charge in [0.2, 0.25) is 10.0 Å². The van der Waals surface area contributed by atoms with E-state index in [1.54, 1.807) is 25.1 Å². The van der Waals surface area contributed by atoms with Gasteiger partial charge >= 0.3 is 0 Å². The second-order valence-electron chi connectivity index (χ2n) is 5.84. The Morgan fingerprint density at radius 3 is 2.35 bits per heavy atom. The summed E-state index contributed by atoms with van der Waals surface area (Å²) in [7, 11) is -3.59. The number of sulfonamides is 1. The Hall–Kier alpha value is -2.38. The number of benzene rings is 2. The maximum atomic E-state index is 12.4. The highest BCUT2D eigenvalue weighted by atomic mass is 32.2. The minimum atomic E-state index is -3.59. The third-order valence-electron chi connectivity index (χ3n) is 3.83. The fourth-order valence-electron chi connectivity index (χ4n) is 2.25. The summed E-state index contributed by atoms with van der Waals surface area (Å²) in [4.78, 5) is 12.6. The zero-order valence-electron chi connectivity index (χ0n) is 15.2. The lowest BCUT2D eigenvalue weighted by Crippen LogP contribution is -2.32. The molecule has 6 nitrogen and oxygen atoms in total. The molecule has 0 bridgehead atoms. The van der Waals surface area contributed by atoms with Gasteiger partial charge in [-0.05, 0) is 56.7 Å². The highest BCUT2D eigenvalue weighted by Crippen LogP contribution is 2.24. The second-order valence-corrected chi connectivity index (χ2v) is 7.55. The topological polar surface area (TPSA) is 84.5 Å². The Morgan fingerprint density at radius 2 is 1.73 bits per heavy atom. The molecule has 0 aliphatic carbocycles. The number of nitrogens with one attached hydrogen (secondary N) is 2. The lowest BCUT2D eigenvalue weighted by atomic mass is 10.2. The van der Waals surface area contributed by atoms with Crippen LogP contribution in [0.3, 0.4) is 0 Å². The average Bonchev–Trinajstić information content (AvgIpc) is 2.63. The van der Waals surface area contributed by atoms with Gasteiger partial charge in [0.1, 0.15) is 5.75 Å². The molecule has 1 unspecified atom stereocenters. The van der Waals surface area contributed by atoms with E-state index in [2.05, 4.69) is 10.0 Å². The molecule has 0 aliphatic rings. The molecule has 0 heterocycles. The molecule has 2 N–H and O–H groups in total. The van der Waals surface area contributed by atoms with Crippen LogP contribution in [0, 0.1) is 0 Å². The number of hydrogen-bond acceptors (Lipinski definition) is 4. The number of amides is 1. The van der Waals surface area contributed by atoms with Gasteiger partial charge in [0, 0.05) is 11.6 Å². The SMILES string of the molecule is CCOc1ccccc1NC(=O)c1ccc(S(=O)(=O)NC(C)CC)cc1. The number of anilines is 1. The van der Waals surface area contributed by atoms with E-state index in [1.807, 2.05) is 19.9 Å². The van der Waals surface area contributed by atoms with Crippen molar-refractivity contribution in [3.8, 4) is 5.75 Å².